The lowest BCUT2D eigenvalue weighted by Crippen LogP contribution is -1.94. The van der Waals surface area contributed by atoms with Crippen molar-refractivity contribution in [1.82, 2.24) is 19.1 Å². The zero-order valence-corrected chi connectivity index (χ0v) is 22.1. The fourth-order valence-electron chi connectivity index (χ4n) is 5.89. The van der Waals surface area contributed by atoms with Gasteiger partial charge in [0.25, 0.3) is 0 Å². The molecule has 0 aliphatic carbocycles. The second kappa shape index (κ2) is 7.56. The van der Waals surface area contributed by atoms with E-state index in [1.807, 2.05) is 0 Å². The van der Waals surface area contributed by atoms with E-state index in [0.29, 0.717) is 0 Å². The van der Waals surface area contributed by atoms with Crippen molar-refractivity contribution in [3.05, 3.63) is 68.3 Å². The molecule has 4 heteroatoms. The molecule has 174 valence electrons. The number of nitrogens with zero attached hydrogens (tertiary/aromatic N) is 4. The van der Waals surface area contributed by atoms with E-state index in [1.54, 1.807) is 0 Å². The maximum Gasteiger partial charge on any atom is 0.0719 e. The number of allylic oxidation sites excluding steroid dienone is 2. The van der Waals surface area contributed by atoms with E-state index in [9.17, 15) is 0 Å². The average Bonchev–Trinajstić information content (AvgIpc) is 3.47. The van der Waals surface area contributed by atoms with Gasteiger partial charge in [-0.1, -0.05) is 0 Å². The molecule has 2 aliphatic heterocycles. The van der Waals surface area contributed by atoms with Crippen LogP contribution in [0, 0.1) is 41.5 Å². The average molecular weight is 451 g/mol. The molecule has 0 N–H and O–H groups in total. The maximum absolute atomic E-state index is 5.27. The third kappa shape index (κ3) is 2.97. The largest absolute Gasteiger partial charge is 0.344 e. The van der Waals surface area contributed by atoms with Crippen molar-refractivity contribution < 1.29 is 0 Å². The number of hydrogen-bond acceptors (Lipinski definition) is 2. The van der Waals surface area contributed by atoms with Crippen LogP contribution < -0.4 is 0 Å². The second-order valence-electron chi connectivity index (χ2n) is 9.98. The fraction of sp³-hybridized carbons (Fsp3) is 0.333. The predicted molar refractivity (Wildman–Crippen MR) is 146 cm³/mol. The number of rotatable bonds is 0. The fourth-order valence-corrected chi connectivity index (χ4v) is 5.89. The quantitative estimate of drug-likeness (QED) is 0.282. The van der Waals surface area contributed by atoms with Crippen LogP contribution in [0.15, 0.2) is 12.1 Å². The van der Waals surface area contributed by atoms with Crippen molar-refractivity contribution in [3.63, 3.8) is 0 Å². The van der Waals surface area contributed by atoms with E-state index in [4.69, 9.17) is 9.97 Å². The molecule has 0 fully saturated rings. The van der Waals surface area contributed by atoms with Crippen LogP contribution >= 0.6 is 0 Å². The Balaban J connectivity index is 2.10. The Labute approximate surface area is 202 Å². The van der Waals surface area contributed by atoms with Crippen LogP contribution in [0.3, 0.4) is 0 Å². The van der Waals surface area contributed by atoms with Gasteiger partial charge in [0.15, 0.2) is 0 Å². The van der Waals surface area contributed by atoms with Gasteiger partial charge >= 0.3 is 0 Å². The summed E-state index contributed by atoms with van der Waals surface area (Å²) in [5.74, 6) is 0. The summed E-state index contributed by atoms with van der Waals surface area (Å²) in [6, 6.07) is 4.41. The molecule has 0 radical (unpaired) electrons. The Morgan fingerprint density at radius 2 is 0.882 bits per heavy atom. The van der Waals surface area contributed by atoms with E-state index >= 15 is 0 Å². The van der Waals surface area contributed by atoms with Gasteiger partial charge in [-0.2, -0.15) is 0 Å². The van der Waals surface area contributed by atoms with Gasteiger partial charge in [0.1, 0.15) is 0 Å². The normalized spacial score (nSPS) is 13.4. The number of hydrogen-bond donors (Lipinski definition) is 0. The van der Waals surface area contributed by atoms with Crippen LogP contribution in [0.2, 0.25) is 0 Å². The summed E-state index contributed by atoms with van der Waals surface area (Å²) in [6.07, 6.45) is 4.23. The molecule has 5 rings (SSSR count). The van der Waals surface area contributed by atoms with Crippen molar-refractivity contribution in [2.45, 2.75) is 55.4 Å². The summed E-state index contributed by atoms with van der Waals surface area (Å²) < 4.78 is 4.61. The van der Waals surface area contributed by atoms with Gasteiger partial charge in [-0.3, -0.25) is 0 Å². The molecule has 0 aromatic carbocycles. The van der Waals surface area contributed by atoms with Crippen LogP contribution in [0.1, 0.15) is 70.0 Å². The highest BCUT2D eigenvalue weighted by atomic mass is 15.0. The topological polar surface area (TPSA) is 35.6 Å². The predicted octanol–water partition coefficient (Wildman–Crippen LogP) is 7.31. The first-order valence-corrected chi connectivity index (χ1v) is 12.0. The summed E-state index contributed by atoms with van der Waals surface area (Å²) in [6.45, 7) is 17.7. The second-order valence-corrected chi connectivity index (χ2v) is 9.98. The minimum Gasteiger partial charge on any atom is -0.344 e. The highest BCUT2D eigenvalue weighted by Crippen LogP contribution is 2.37. The first-order chi connectivity index (χ1) is 16.0. The van der Waals surface area contributed by atoms with Gasteiger partial charge < -0.3 is 9.13 Å². The summed E-state index contributed by atoms with van der Waals surface area (Å²) in [5.41, 5.74) is 19.2. The lowest BCUT2D eigenvalue weighted by Gasteiger charge is -2.04. The van der Waals surface area contributed by atoms with Gasteiger partial charge in [-0.25, -0.2) is 9.97 Å². The molecule has 0 saturated heterocycles. The number of aryl methyl sites for hydroxylation is 8. The number of fused-ring (bicyclic) bond motifs is 8. The molecule has 0 unspecified atom stereocenters. The third-order valence-electron chi connectivity index (χ3n) is 8.17. The minimum atomic E-state index is 0.985. The summed E-state index contributed by atoms with van der Waals surface area (Å²) >= 11 is 0. The zero-order chi connectivity index (χ0) is 24.6. The van der Waals surface area contributed by atoms with Gasteiger partial charge in [0.05, 0.1) is 22.8 Å². The molecule has 0 amide bonds. The first kappa shape index (κ1) is 22.4. The summed E-state index contributed by atoms with van der Waals surface area (Å²) in [4.78, 5) is 10.2. The van der Waals surface area contributed by atoms with Crippen molar-refractivity contribution in [3.8, 4) is 0 Å². The molecule has 3 aromatic heterocycles. The van der Waals surface area contributed by atoms with Crippen molar-refractivity contribution in [1.29, 1.82) is 0 Å². The molecule has 34 heavy (non-hydrogen) atoms. The van der Waals surface area contributed by atoms with E-state index in [2.05, 4.69) is 103 Å². The van der Waals surface area contributed by atoms with Crippen molar-refractivity contribution >= 4 is 45.4 Å². The van der Waals surface area contributed by atoms with Crippen LogP contribution in [-0.2, 0) is 14.1 Å². The van der Waals surface area contributed by atoms with Crippen LogP contribution in [0.25, 0.3) is 45.4 Å². The van der Waals surface area contributed by atoms with Gasteiger partial charge in [0, 0.05) is 36.2 Å². The molecule has 5 heterocycles. The van der Waals surface area contributed by atoms with Gasteiger partial charge in [0.2, 0.25) is 0 Å². The van der Waals surface area contributed by atoms with E-state index in [0.717, 1.165) is 22.8 Å². The Kier molecular flexibility index (Phi) is 4.98. The Morgan fingerprint density at radius 3 is 1.26 bits per heavy atom. The highest BCUT2D eigenvalue weighted by molar-refractivity contribution is 5.95. The van der Waals surface area contributed by atoms with Crippen LogP contribution in [0.4, 0.5) is 0 Å². The summed E-state index contributed by atoms with van der Waals surface area (Å²) in [5, 5.41) is 0. The molecule has 0 atom stereocenters. The highest BCUT2D eigenvalue weighted by Gasteiger charge is 2.21. The van der Waals surface area contributed by atoms with E-state index < -0.39 is 0 Å². The molecule has 4 nitrogen and oxygen atoms in total. The zero-order valence-electron chi connectivity index (χ0n) is 22.1. The molecule has 0 saturated carbocycles. The van der Waals surface area contributed by atoms with Crippen molar-refractivity contribution in [2.75, 3.05) is 0 Å². The molecular weight excluding hydrogens is 416 g/mol. The van der Waals surface area contributed by atoms with Gasteiger partial charge in [-0.05, 0) is 124 Å². The Hall–Kier alpha value is -3.40. The molecule has 3 aromatic rings. The lowest BCUT2D eigenvalue weighted by atomic mass is 10.0. The molecule has 8 bridgehead atoms. The third-order valence-corrected chi connectivity index (χ3v) is 8.17. The Bertz CT molecular complexity index is 1520. The van der Waals surface area contributed by atoms with E-state index in [1.165, 1.54) is 66.6 Å². The first-order valence-electron chi connectivity index (χ1n) is 12.0. The Morgan fingerprint density at radius 1 is 0.500 bits per heavy atom. The minimum absolute atomic E-state index is 0.985. The number of aromatic nitrogens is 4. The van der Waals surface area contributed by atoms with Crippen LogP contribution in [-0.4, -0.2) is 19.1 Å². The standard InChI is InChI=1S/C30H34N4/c1-15-19(5)29-21(7)27-17(3)18(4)28(32-27)22(8)30-20(6)16(2)26(34(30)10)14-24-12-11-23(31-24)13-25(15)33(29)9/h11-14H,1-10H3. The summed E-state index contributed by atoms with van der Waals surface area (Å²) in [7, 11) is 4.31. The SMILES string of the molecule is CC1=C(C)c2nc1c(C)c1c(C)c(C)c(cc3nc(cc4c(C)c(C)c(c2C)n4C)C=C3)n1C. The van der Waals surface area contributed by atoms with Crippen molar-refractivity contribution in [2.24, 2.45) is 14.1 Å². The monoisotopic (exact) mass is 450 g/mol. The van der Waals surface area contributed by atoms with Crippen LogP contribution in [0.5, 0.6) is 0 Å². The molecular formula is C30H34N4. The smallest absolute Gasteiger partial charge is 0.0719 e. The van der Waals surface area contributed by atoms with E-state index in [-0.39, 0.29) is 0 Å². The molecule has 2 aliphatic rings. The molecule has 0 spiro atoms. The van der Waals surface area contributed by atoms with Gasteiger partial charge in [-0.15, -0.1) is 0 Å². The maximum atomic E-state index is 5.27. The lowest BCUT2D eigenvalue weighted by molar-refractivity contribution is 0.994.